The maximum Gasteiger partial charge on any atom is 0.243 e. The molecule has 0 aliphatic rings. The van der Waals surface area contributed by atoms with Gasteiger partial charge in [0.2, 0.25) is 5.91 Å². The largest absolute Gasteiger partial charge is 0.496 e. The second-order valence-corrected chi connectivity index (χ2v) is 3.20. The summed E-state index contributed by atoms with van der Waals surface area (Å²) in [6, 6.07) is 4.31. The van der Waals surface area contributed by atoms with Crippen LogP contribution in [0.5, 0.6) is 5.75 Å². The molecule has 1 aromatic rings. The Bertz CT molecular complexity index is 391. The second kappa shape index (κ2) is 5.90. The second-order valence-electron chi connectivity index (χ2n) is 3.20. The lowest BCUT2D eigenvalue weighted by Gasteiger charge is -2.08. The lowest BCUT2D eigenvalue weighted by atomic mass is 10.1. The van der Waals surface area contributed by atoms with E-state index in [9.17, 15) is 9.18 Å². The number of amides is 1. The summed E-state index contributed by atoms with van der Waals surface area (Å²) in [6.07, 6.45) is 1.71. The Kier molecular flexibility index (Phi) is 4.51. The highest BCUT2D eigenvalue weighted by molar-refractivity contribution is 5.86. The van der Waals surface area contributed by atoms with E-state index in [0.717, 1.165) is 5.56 Å². The topological polar surface area (TPSA) is 38.3 Å². The maximum atomic E-state index is 13.0. The summed E-state index contributed by atoms with van der Waals surface area (Å²) in [4.78, 5) is 10.9. The van der Waals surface area contributed by atoms with Crippen LogP contribution >= 0.6 is 0 Å². The van der Waals surface area contributed by atoms with Crippen LogP contribution in [0.2, 0.25) is 0 Å². The molecule has 4 heteroatoms. The van der Waals surface area contributed by atoms with Gasteiger partial charge in [0.15, 0.2) is 0 Å². The van der Waals surface area contributed by atoms with Gasteiger partial charge in [-0.15, -0.1) is 0 Å². The predicted octanol–water partition coefficient (Wildman–Crippen LogP) is 1.68. The van der Waals surface area contributed by atoms with Crippen LogP contribution in [0.15, 0.2) is 30.9 Å². The maximum absolute atomic E-state index is 13.0. The molecule has 0 aliphatic heterocycles. The normalized spacial score (nSPS) is 9.62. The fraction of sp³-hybridized carbons (Fsp3) is 0.250. The van der Waals surface area contributed by atoms with E-state index in [-0.39, 0.29) is 11.7 Å². The van der Waals surface area contributed by atoms with Crippen molar-refractivity contribution in [2.75, 3.05) is 13.7 Å². The standard InChI is InChI=1S/C12H14FNO2/c1-3-12(15)14-7-6-9-8-10(13)4-5-11(9)16-2/h3-5,8H,1,6-7H2,2H3,(H,14,15). The van der Waals surface area contributed by atoms with Crippen molar-refractivity contribution < 1.29 is 13.9 Å². The molecule has 3 nitrogen and oxygen atoms in total. The minimum Gasteiger partial charge on any atom is -0.496 e. The Hall–Kier alpha value is -1.84. The van der Waals surface area contributed by atoms with Gasteiger partial charge in [0.05, 0.1) is 7.11 Å². The Morgan fingerprint density at radius 2 is 2.38 bits per heavy atom. The number of methoxy groups -OCH3 is 1. The molecule has 0 aromatic heterocycles. The number of carbonyl (C=O) groups excluding carboxylic acids is 1. The lowest BCUT2D eigenvalue weighted by Crippen LogP contribution is -2.23. The minimum atomic E-state index is -0.314. The number of rotatable bonds is 5. The van der Waals surface area contributed by atoms with Crippen molar-refractivity contribution in [2.45, 2.75) is 6.42 Å². The molecule has 0 saturated heterocycles. The van der Waals surface area contributed by atoms with Gasteiger partial charge in [-0.05, 0) is 36.3 Å². The van der Waals surface area contributed by atoms with E-state index >= 15 is 0 Å². The van der Waals surface area contributed by atoms with E-state index < -0.39 is 0 Å². The first kappa shape index (κ1) is 12.2. The SMILES string of the molecule is C=CC(=O)NCCc1cc(F)ccc1OC. The van der Waals surface area contributed by atoms with Crippen LogP contribution in [0, 0.1) is 5.82 Å². The Morgan fingerprint density at radius 3 is 3.00 bits per heavy atom. The number of carbonyl (C=O) groups is 1. The van der Waals surface area contributed by atoms with E-state index in [1.807, 2.05) is 0 Å². The zero-order valence-electron chi connectivity index (χ0n) is 9.13. The van der Waals surface area contributed by atoms with Gasteiger partial charge in [-0.2, -0.15) is 0 Å². The van der Waals surface area contributed by atoms with Crippen molar-refractivity contribution in [2.24, 2.45) is 0 Å². The number of benzene rings is 1. The van der Waals surface area contributed by atoms with Crippen molar-refractivity contribution in [1.29, 1.82) is 0 Å². The Morgan fingerprint density at radius 1 is 1.62 bits per heavy atom. The van der Waals surface area contributed by atoms with Crippen LogP contribution in [0.4, 0.5) is 4.39 Å². The molecule has 1 rings (SSSR count). The summed E-state index contributed by atoms with van der Waals surface area (Å²) in [5.74, 6) is 0.0652. The van der Waals surface area contributed by atoms with Crippen LogP contribution in [0.25, 0.3) is 0 Å². The zero-order chi connectivity index (χ0) is 12.0. The molecular formula is C12H14FNO2. The highest BCUT2D eigenvalue weighted by Crippen LogP contribution is 2.19. The molecule has 0 atom stereocenters. The van der Waals surface area contributed by atoms with Crippen molar-refractivity contribution >= 4 is 5.91 Å². The van der Waals surface area contributed by atoms with Gasteiger partial charge in [0, 0.05) is 6.54 Å². The van der Waals surface area contributed by atoms with Crippen LogP contribution in [-0.2, 0) is 11.2 Å². The first-order valence-electron chi connectivity index (χ1n) is 4.90. The fourth-order valence-corrected chi connectivity index (χ4v) is 1.34. The third kappa shape index (κ3) is 3.38. The first-order valence-corrected chi connectivity index (χ1v) is 4.90. The first-order chi connectivity index (χ1) is 7.67. The highest BCUT2D eigenvalue weighted by atomic mass is 19.1. The van der Waals surface area contributed by atoms with Gasteiger partial charge in [-0.3, -0.25) is 4.79 Å². The molecule has 0 aliphatic carbocycles. The monoisotopic (exact) mass is 223 g/mol. The van der Waals surface area contributed by atoms with E-state index in [0.29, 0.717) is 18.7 Å². The van der Waals surface area contributed by atoms with Crippen LogP contribution < -0.4 is 10.1 Å². The summed E-state index contributed by atoms with van der Waals surface area (Å²) < 4.78 is 18.1. The zero-order valence-corrected chi connectivity index (χ0v) is 9.13. The molecule has 0 heterocycles. The molecule has 16 heavy (non-hydrogen) atoms. The van der Waals surface area contributed by atoms with E-state index in [1.54, 1.807) is 6.07 Å². The van der Waals surface area contributed by atoms with Crippen molar-refractivity contribution in [3.63, 3.8) is 0 Å². The smallest absolute Gasteiger partial charge is 0.243 e. The predicted molar refractivity (Wildman–Crippen MR) is 59.9 cm³/mol. The number of nitrogens with one attached hydrogen (secondary N) is 1. The number of hydrogen-bond acceptors (Lipinski definition) is 2. The van der Waals surface area contributed by atoms with Crippen LogP contribution in [0.3, 0.4) is 0 Å². The van der Waals surface area contributed by atoms with Crippen molar-refractivity contribution in [3.05, 3.63) is 42.2 Å². The minimum absolute atomic E-state index is 0.240. The van der Waals surface area contributed by atoms with Crippen LogP contribution in [0.1, 0.15) is 5.56 Å². The summed E-state index contributed by atoms with van der Waals surface area (Å²) in [5, 5.41) is 2.62. The van der Waals surface area contributed by atoms with Gasteiger partial charge < -0.3 is 10.1 Å². The molecule has 1 N–H and O–H groups in total. The van der Waals surface area contributed by atoms with Gasteiger partial charge >= 0.3 is 0 Å². The van der Waals surface area contributed by atoms with Gasteiger partial charge in [0.25, 0.3) is 0 Å². The average molecular weight is 223 g/mol. The third-order valence-electron chi connectivity index (χ3n) is 2.12. The molecular weight excluding hydrogens is 209 g/mol. The summed E-state index contributed by atoms with van der Waals surface area (Å²) >= 11 is 0. The van der Waals surface area contributed by atoms with E-state index in [1.165, 1.54) is 25.3 Å². The third-order valence-corrected chi connectivity index (χ3v) is 2.12. The lowest BCUT2D eigenvalue weighted by molar-refractivity contribution is -0.116. The van der Waals surface area contributed by atoms with Crippen molar-refractivity contribution in [3.8, 4) is 5.75 Å². The number of halogens is 1. The Labute approximate surface area is 93.9 Å². The van der Waals surface area contributed by atoms with E-state index in [2.05, 4.69) is 11.9 Å². The summed E-state index contributed by atoms with van der Waals surface area (Å²) in [7, 11) is 1.53. The quantitative estimate of drug-likeness (QED) is 0.771. The Balaban J connectivity index is 2.61. The molecule has 0 saturated carbocycles. The number of ether oxygens (including phenoxy) is 1. The molecule has 0 fully saturated rings. The van der Waals surface area contributed by atoms with E-state index in [4.69, 9.17) is 4.74 Å². The molecule has 1 aromatic carbocycles. The molecule has 0 bridgehead atoms. The molecule has 1 amide bonds. The average Bonchev–Trinajstić information content (AvgIpc) is 2.29. The van der Waals surface area contributed by atoms with Crippen molar-refractivity contribution in [1.82, 2.24) is 5.32 Å². The highest BCUT2D eigenvalue weighted by Gasteiger charge is 2.04. The number of hydrogen-bond donors (Lipinski definition) is 1. The van der Waals surface area contributed by atoms with Gasteiger partial charge in [-0.1, -0.05) is 6.58 Å². The molecule has 0 unspecified atom stereocenters. The molecule has 0 spiro atoms. The molecule has 0 radical (unpaired) electrons. The van der Waals surface area contributed by atoms with Gasteiger partial charge in [0.1, 0.15) is 11.6 Å². The van der Waals surface area contributed by atoms with Gasteiger partial charge in [-0.25, -0.2) is 4.39 Å². The van der Waals surface area contributed by atoms with Crippen LogP contribution in [-0.4, -0.2) is 19.6 Å². The molecule has 86 valence electrons. The summed E-state index contributed by atoms with van der Waals surface area (Å²) in [5.41, 5.74) is 0.729. The fourth-order valence-electron chi connectivity index (χ4n) is 1.34. The summed E-state index contributed by atoms with van der Waals surface area (Å²) in [6.45, 7) is 3.76.